The lowest BCUT2D eigenvalue weighted by Gasteiger charge is -2.13. The highest BCUT2D eigenvalue weighted by molar-refractivity contribution is 6.04. The summed E-state index contributed by atoms with van der Waals surface area (Å²) in [6.07, 6.45) is 5.22. The molecule has 0 unspecified atom stereocenters. The summed E-state index contributed by atoms with van der Waals surface area (Å²) < 4.78 is 0. The molecule has 5 heteroatoms. The topological polar surface area (TPSA) is 84.7 Å². The van der Waals surface area contributed by atoms with Crippen LogP contribution in [-0.2, 0) is 0 Å². The minimum atomic E-state index is -0.458. The number of primary amides is 1. The first-order valence-corrected chi connectivity index (χ1v) is 7.51. The highest BCUT2D eigenvalue weighted by Crippen LogP contribution is 2.35. The number of nitrogens with zero attached hydrogens (tertiary/aromatic N) is 2. The lowest BCUT2D eigenvalue weighted by Crippen LogP contribution is -2.13. The van der Waals surface area contributed by atoms with Gasteiger partial charge in [0.05, 0.1) is 11.7 Å². The largest absolute Gasteiger partial charge is 0.366 e. The van der Waals surface area contributed by atoms with Gasteiger partial charge in [-0.05, 0) is 35.4 Å². The molecule has 0 spiro atoms. The van der Waals surface area contributed by atoms with Crippen LogP contribution in [0, 0.1) is 0 Å². The summed E-state index contributed by atoms with van der Waals surface area (Å²) in [5.41, 5.74) is 10.6. The molecule has 0 aliphatic heterocycles. The third-order valence-electron chi connectivity index (χ3n) is 4.03. The number of amides is 1. The van der Waals surface area contributed by atoms with Crippen LogP contribution in [0.1, 0.15) is 10.4 Å². The van der Waals surface area contributed by atoms with Gasteiger partial charge in [-0.2, -0.15) is 5.10 Å². The molecule has 2 aromatic heterocycles. The van der Waals surface area contributed by atoms with Crippen LogP contribution in [-0.4, -0.2) is 21.1 Å². The molecule has 3 N–H and O–H groups in total. The number of nitrogens with two attached hydrogens (primary N) is 1. The summed E-state index contributed by atoms with van der Waals surface area (Å²) in [5, 5.41) is 8.00. The molecule has 24 heavy (non-hydrogen) atoms. The average molecular weight is 314 g/mol. The van der Waals surface area contributed by atoms with E-state index in [2.05, 4.69) is 15.2 Å². The lowest BCUT2D eigenvalue weighted by atomic mass is 9.90. The predicted molar refractivity (Wildman–Crippen MR) is 93.3 cm³/mol. The van der Waals surface area contributed by atoms with Crippen molar-refractivity contribution in [2.75, 3.05) is 0 Å². The number of carbonyl (C=O) groups is 1. The van der Waals surface area contributed by atoms with Crippen molar-refractivity contribution >= 4 is 16.8 Å². The second-order valence-corrected chi connectivity index (χ2v) is 5.51. The number of H-pyrrole nitrogens is 1. The van der Waals surface area contributed by atoms with Gasteiger partial charge >= 0.3 is 0 Å². The van der Waals surface area contributed by atoms with E-state index in [1.165, 1.54) is 0 Å². The van der Waals surface area contributed by atoms with E-state index in [1.54, 1.807) is 24.7 Å². The van der Waals surface area contributed by atoms with Crippen molar-refractivity contribution in [3.05, 3.63) is 72.7 Å². The maximum absolute atomic E-state index is 11.9. The van der Waals surface area contributed by atoms with E-state index in [9.17, 15) is 4.79 Å². The van der Waals surface area contributed by atoms with Crippen molar-refractivity contribution in [3.63, 3.8) is 0 Å². The second-order valence-electron chi connectivity index (χ2n) is 5.51. The molecule has 4 rings (SSSR count). The van der Waals surface area contributed by atoms with Crippen molar-refractivity contribution in [1.82, 2.24) is 15.2 Å². The van der Waals surface area contributed by atoms with Crippen LogP contribution in [0.25, 0.3) is 33.2 Å². The van der Waals surface area contributed by atoms with E-state index in [0.717, 1.165) is 33.2 Å². The number of hydrogen-bond donors (Lipinski definition) is 2. The van der Waals surface area contributed by atoms with Gasteiger partial charge in [0.15, 0.2) is 0 Å². The molecule has 1 amide bonds. The van der Waals surface area contributed by atoms with Gasteiger partial charge in [-0.25, -0.2) is 0 Å². The van der Waals surface area contributed by atoms with Crippen LogP contribution in [0.4, 0.5) is 0 Å². The molecular formula is C19H14N4O. The SMILES string of the molecule is NC(=O)c1cccc(-c2ccc3[nH]ncc3c2)c1-c1cccnc1. The van der Waals surface area contributed by atoms with Gasteiger partial charge in [0.2, 0.25) is 5.91 Å². The highest BCUT2D eigenvalue weighted by Gasteiger charge is 2.16. The Bertz CT molecular complexity index is 1040. The molecule has 2 heterocycles. The van der Waals surface area contributed by atoms with Crippen LogP contribution >= 0.6 is 0 Å². The average Bonchev–Trinajstić information content (AvgIpc) is 3.09. The molecule has 0 atom stereocenters. The molecule has 4 aromatic rings. The molecule has 2 aromatic carbocycles. The Morgan fingerprint density at radius 1 is 1.00 bits per heavy atom. The first kappa shape index (κ1) is 14.1. The van der Waals surface area contributed by atoms with Crippen LogP contribution < -0.4 is 5.73 Å². The summed E-state index contributed by atoms with van der Waals surface area (Å²) in [6, 6.07) is 15.3. The minimum Gasteiger partial charge on any atom is -0.366 e. The molecule has 0 saturated heterocycles. The van der Waals surface area contributed by atoms with Crippen LogP contribution in [0.5, 0.6) is 0 Å². The van der Waals surface area contributed by atoms with Crippen LogP contribution in [0.2, 0.25) is 0 Å². The Kier molecular flexibility index (Phi) is 3.31. The Morgan fingerprint density at radius 2 is 1.92 bits per heavy atom. The summed E-state index contributed by atoms with van der Waals surface area (Å²) >= 11 is 0. The Hall–Kier alpha value is -3.47. The number of nitrogens with one attached hydrogen (secondary N) is 1. The van der Waals surface area contributed by atoms with Crippen molar-refractivity contribution < 1.29 is 4.79 Å². The van der Waals surface area contributed by atoms with Crippen LogP contribution in [0.15, 0.2) is 67.1 Å². The highest BCUT2D eigenvalue weighted by atomic mass is 16.1. The van der Waals surface area contributed by atoms with Crippen molar-refractivity contribution in [3.8, 4) is 22.3 Å². The zero-order valence-corrected chi connectivity index (χ0v) is 12.7. The fourth-order valence-corrected chi connectivity index (χ4v) is 2.93. The molecule has 0 aliphatic carbocycles. The number of aromatic amines is 1. The second kappa shape index (κ2) is 5.62. The summed E-state index contributed by atoms with van der Waals surface area (Å²) in [6.45, 7) is 0. The molecule has 0 aliphatic rings. The summed E-state index contributed by atoms with van der Waals surface area (Å²) in [7, 11) is 0. The first-order valence-electron chi connectivity index (χ1n) is 7.51. The number of fused-ring (bicyclic) bond motifs is 1. The van der Waals surface area contributed by atoms with Crippen molar-refractivity contribution in [2.45, 2.75) is 0 Å². The normalized spacial score (nSPS) is 10.8. The lowest BCUT2D eigenvalue weighted by molar-refractivity contribution is 0.100. The van der Waals surface area contributed by atoms with Gasteiger partial charge < -0.3 is 5.73 Å². The van der Waals surface area contributed by atoms with E-state index >= 15 is 0 Å². The van der Waals surface area contributed by atoms with Gasteiger partial charge in [0.25, 0.3) is 0 Å². The standard InChI is InChI=1S/C19H14N4O/c20-19(24)16-5-1-4-15(18(16)13-3-2-8-21-10-13)12-6-7-17-14(9-12)11-22-23-17/h1-11H,(H2,20,24)(H,22,23). The number of pyridine rings is 1. The number of aromatic nitrogens is 3. The van der Waals surface area contributed by atoms with Gasteiger partial charge in [0.1, 0.15) is 0 Å². The first-order chi connectivity index (χ1) is 11.7. The predicted octanol–water partition coefficient (Wildman–Crippen LogP) is 3.39. The minimum absolute atomic E-state index is 0.458. The Balaban J connectivity index is 2.01. The van der Waals surface area contributed by atoms with Crippen molar-refractivity contribution in [2.24, 2.45) is 5.73 Å². The zero-order chi connectivity index (χ0) is 16.5. The van der Waals surface area contributed by atoms with Gasteiger partial charge in [-0.15, -0.1) is 0 Å². The van der Waals surface area contributed by atoms with Crippen LogP contribution in [0.3, 0.4) is 0 Å². The van der Waals surface area contributed by atoms with Crippen molar-refractivity contribution in [1.29, 1.82) is 0 Å². The molecule has 0 fully saturated rings. The summed E-state index contributed by atoms with van der Waals surface area (Å²) in [4.78, 5) is 16.1. The van der Waals surface area contributed by atoms with Gasteiger partial charge in [0, 0.05) is 34.5 Å². The Morgan fingerprint density at radius 3 is 2.71 bits per heavy atom. The fraction of sp³-hybridized carbons (Fsp3) is 0. The van der Waals surface area contributed by atoms with Gasteiger partial charge in [-0.3, -0.25) is 14.9 Å². The molecular weight excluding hydrogens is 300 g/mol. The zero-order valence-electron chi connectivity index (χ0n) is 12.7. The molecule has 0 radical (unpaired) electrons. The quantitative estimate of drug-likeness (QED) is 0.608. The maximum atomic E-state index is 11.9. The number of hydrogen-bond acceptors (Lipinski definition) is 3. The fourth-order valence-electron chi connectivity index (χ4n) is 2.93. The monoisotopic (exact) mass is 314 g/mol. The van der Waals surface area contributed by atoms with E-state index in [0.29, 0.717) is 5.56 Å². The molecule has 116 valence electrons. The number of benzene rings is 2. The maximum Gasteiger partial charge on any atom is 0.249 e. The van der Waals surface area contributed by atoms with E-state index in [-0.39, 0.29) is 0 Å². The number of carbonyl (C=O) groups excluding carboxylic acids is 1. The van der Waals surface area contributed by atoms with Gasteiger partial charge in [-0.1, -0.05) is 24.3 Å². The molecule has 0 bridgehead atoms. The third-order valence-corrected chi connectivity index (χ3v) is 4.03. The Labute approximate surface area is 138 Å². The smallest absolute Gasteiger partial charge is 0.249 e. The van der Waals surface area contributed by atoms with E-state index in [4.69, 9.17) is 5.73 Å². The van der Waals surface area contributed by atoms with E-state index < -0.39 is 5.91 Å². The molecule has 0 saturated carbocycles. The molecule has 5 nitrogen and oxygen atoms in total. The third kappa shape index (κ3) is 2.32. The number of rotatable bonds is 3. The summed E-state index contributed by atoms with van der Waals surface area (Å²) in [5.74, 6) is -0.458. The van der Waals surface area contributed by atoms with E-state index in [1.807, 2.05) is 42.5 Å².